The number of rotatable bonds is 5. The summed E-state index contributed by atoms with van der Waals surface area (Å²) in [4.78, 5) is 23.7. The van der Waals surface area contributed by atoms with Gasteiger partial charge in [0.15, 0.2) is 0 Å². The molecule has 0 spiro atoms. The standard InChI is InChI=1S/C20H22N6O2S/c1-14-9-17(28-2)3-4-18(14)19(27)24-15-10-23-26(13-15)20-21-11-16(12-22-20)25-5-7-29-8-6-25/h3-4,9-13H,5-8H2,1-2H3,(H,24,27). The molecule has 1 amide bonds. The molecule has 0 aliphatic carbocycles. The number of nitrogens with zero attached hydrogens (tertiary/aromatic N) is 5. The van der Waals surface area contributed by atoms with Gasteiger partial charge in [-0.05, 0) is 30.7 Å². The maximum atomic E-state index is 12.6. The molecule has 1 aliphatic heterocycles. The van der Waals surface area contributed by atoms with Crippen LogP contribution in [0.25, 0.3) is 5.95 Å². The van der Waals surface area contributed by atoms with Gasteiger partial charge in [0, 0.05) is 30.2 Å². The summed E-state index contributed by atoms with van der Waals surface area (Å²) < 4.78 is 6.73. The third-order valence-corrected chi connectivity index (χ3v) is 5.67. The monoisotopic (exact) mass is 410 g/mol. The quantitative estimate of drug-likeness (QED) is 0.692. The minimum Gasteiger partial charge on any atom is -0.497 e. The highest BCUT2D eigenvalue weighted by Crippen LogP contribution is 2.20. The van der Waals surface area contributed by atoms with Gasteiger partial charge in [-0.25, -0.2) is 14.6 Å². The molecule has 3 aromatic rings. The van der Waals surface area contributed by atoms with E-state index >= 15 is 0 Å². The molecule has 1 saturated heterocycles. The van der Waals surface area contributed by atoms with Crippen LogP contribution in [-0.4, -0.2) is 57.4 Å². The Hall–Kier alpha value is -3.07. The molecule has 1 aliphatic rings. The van der Waals surface area contributed by atoms with Crippen LogP contribution in [0.5, 0.6) is 5.75 Å². The van der Waals surface area contributed by atoms with Gasteiger partial charge in [0.25, 0.3) is 11.9 Å². The molecule has 4 rings (SSSR count). The van der Waals surface area contributed by atoms with Crippen LogP contribution < -0.4 is 15.0 Å². The molecule has 2 aromatic heterocycles. The summed E-state index contributed by atoms with van der Waals surface area (Å²) in [5.74, 6) is 3.22. The smallest absolute Gasteiger partial charge is 0.256 e. The highest BCUT2D eigenvalue weighted by atomic mass is 32.2. The predicted octanol–water partition coefficient (Wildman–Crippen LogP) is 2.78. The minimum absolute atomic E-state index is 0.205. The Bertz CT molecular complexity index is 998. The largest absolute Gasteiger partial charge is 0.497 e. The number of aryl methyl sites for hydroxylation is 1. The number of carbonyl (C=O) groups excluding carboxylic acids is 1. The first-order valence-electron chi connectivity index (χ1n) is 9.30. The van der Waals surface area contributed by atoms with Crippen LogP contribution >= 0.6 is 11.8 Å². The molecule has 0 unspecified atom stereocenters. The van der Waals surface area contributed by atoms with Crippen molar-refractivity contribution in [2.45, 2.75) is 6.92 Å². The number of amides is 1. The molecule has 150 valence electrons. The number of anilines is 2. The lowest BCUT2D eigenvalue weighted by Crippen LogP contribution is -2.32. The summed E-state index contributed by atoms with van der Waals surface area (Å²) >= 11 is 1.96. The van der Waals surface area contributed by atoms with Gasteiger partial charge in [-0.15, -0.1) is 0 Å². The molecule has 29 heavy (non-hydrogen) atoms. The van der Waals surface area contributed by atoms with Gasteiger partial charge in [-0.1, -0.05) is 0 Å². The Labute approximate surface area is 173 Å². The van der Waals surface area contributed by atoms with Crippen LogP contribution in [0, 0.1) is 6.92 Å². The van der Waals surface area contributed by atoms with Crippen LogP contribution in [0.2, 0.25) is 0 Å². The second-order valence-electron chi connectivity index (χ2n) is 6.65. The number of benzene rings is 1. The topological polar surface area (TPSA) is 85.2 Å². The number of hydrogen-bond donors (Lipinski definition) is 1. The molecule has 9 heteroatoms. The lowest BCUT2D eigenvalue weighted by Gasteiger charge is -2.27. The molecule has 0 atom stereocenters. The fourth-order valence-corrected chi connectivity index (χ4v) is 4.03. The van der Waals surface area contributed by atoms with E-state index in [9.17, 15) is 4.79 Å². The molecule has 1 N–H and O–H groups in total. The third-order valence-electron chi connectivity index (χ3n) is 4.72. The molecule has 1 fully saturated rings. The number of thioether (sulfide) groups is 1. The first kappa shape index (κ1) is 19.3. The lowest BCUT2D eigenvalue weighted by atomic mass is 10.1. The fourth-order valence-electron chi connectivity index (χ4n) is 3.13. The van der Waals surface area contributed by atoms with E-state index in [2.05, 4.69) is 25.3 Å². The number of methoxy groups -OCH3 is 1. The zero-order valence-electron chi connectivity index (χ0n) is 16.3. The summed E-state index contributed by atoms with van der Waals surface area (Å²) in [5, 5.41) is 7.13. The summed E-state index contributed by atoms with van der Waals surface area (Å²) in [6, 6.07) is 5.34. The van der Waals surface area contributed by atoms with E-state index in [1.54, 1.807) is 36.3 Å². The lowest BCUT2D eigenvalue weighted by molar-refractivity contribution is 0.102. The number of nitrogens with one attached hydrogen (secondary N) is 1. The summed E-state index contributed by atoms with van der Waals surface area (Å²) in [5.41, 5.74) is 3.01. The molecular weight excluding hydrogens is 388 g/mol. The van der Waals surface area contributed by atoms with E-state index in [0.717, 1.165) is 41.6 Å². The average Bonchev–Trinajstić information content (AvgIpc) is 3.22. The third kappa shape index (κ3) is 4.34. The van der Waals surface area contributed by atoms with Crippen molar-refractivity contribution in [3.05, 3.63) is 54.1 Å². The van der Waals surface area contributed by atoms with E-state index in [1.165, 1.54) is 0 Å². The van der Waals surface area contributed by atoms with E-state index in [0.29, 0.717) is 17.2 Å². The molecule has 0 radical (unpaired) electrons. The van der Waals surface area contributed by atoms with Crippen molar-refractivity contribution in [1.82, 2.24) is 19.7 Å². The maximum absolute atomic E-state index is 12.6. The van der Waals surface area contributed by atoms with Gasteiger partial charge in [-0.2, -0.15) is 16.9 Å². The zero-order valence-corrected chi connectivity index (χ0v) is 17.1. The van der Waals surface area contributed by atoms with Crippen molar-refractivity contribution < 1.29 is 9.53 Å². The van der Waals surface area contributed by atoms with E-state index < -0.39 is 0 Å². The number of carbonyl (C=O) groups is 1. The first-order chi connectivity index (χ1) is 14.1. The number of ether oxygens (including phenoxy) is 1. The van der Waals surface area contributed by atoms with Crippen LogP contribution in [0.1, 0.15) is 15.9 Å². The van der Waals surface area contributed by atoms with Gasteiger partial charge in [-0.3, -0.25) is 4.79 Å². The van der Waals surface area contributed by atoms with Crippen LogP contribution in [0.4, 0.5) is 11.4 Å². The molecule has 3 heterocycles. The van der Waals surface area contributed by atoms with Crippen LogP contribution in [0.3, 0.4) is 0 Å². The van der Waals surface area contributed by atoms with Gasteiger partial charge < -0.3 is 15.0 Å². The van der Waals surface area contributed by atoms with E-state index in [-0.39, 0.29) is 5.91 Å². The molecule has 0 bridgehead atoms. The average molecular weight is 411 g/mol. The van der Waals surface area contributed by atoms with Crippen molar-refractivity contribution in [2.75, 3.05) is 41.9 Å². The van der Waals surface area contributed by atoms with Crippen LogP contribution in [0.15, 0.2) is 43.0 Å². The molecule has 0 saturated carbocycles. The SMILES string of the molecule is COc1ccc(C(=O)Nc2cnn(-c3ncc(N4CCSCC4)cn3)c2)c(C)c1. The molecule has 1 aromatic carbocycles. The molecule has 8 nitrogen and oxygen atoms in total. The summed E-state index contributed by atoms with van der Waals surface area (Å²) in [6.45, 7) is 3.89. The minimum atomic E-state index is -0.205. The number of hydrogen-bond acceptors (Lipinski definition) is 7. The van der Waals surface area contributed by atoms with E-state index in [4.69, 9.17) is 4.74 Å². The molecular formula is C20H22N6O2S. The zero-order chi connectivity index (χ0) is 20.2. The first-order valence-corrected chi connectivity index (χ1v) is 10.5. The van der Waals surface area contributed by atoms with Gasteiger partial charge >= 0.3 is 0 Å². The highest BCUT2D eigenvalue weighted by molar-refractivity contribution is 7.99. The van der Waals surface area contributed by atoms with Crippen molar-refractivity contribution in [2.24, 2.45) is 0 Å². The van der Waals surface area contributed by atoms with E-state index in [1.807, 2.05) is 37.1 Å². The van der Waals surface area contributed by atoms with Crippen LogP contribution in [-0.2, 0) is 0 Å². The Balaban J connectivity index is 1.45. The second-order valence-corrected chi connectivity index (χ2v) is 7.87. The summed E-state index contributed by atoms with van der Waals surface area (Å²) in [7, 11) is 1.60. The normalized spacial score (nSPS) is 13.9. The van der Waals surface area contributed by atoms with Crippen molar-refractivity contribution in [3.8, 4) is 11.7 Å². The van der Waals surface area contributed by atoms with Gasteiger partial charge in [0.1, 0.15) is 5.75 Å². The van der Waals surface area contributed by atoms with Crippen molar-refractivity contribution in [1.29, 1.82) is 0 Å². The fraction of sp³-hybridized carbons (Fsp3) is 0.300. The predicted molar refractivity (Wildman–Crippen MR) is 114 cm³/mol. The second kappa shape index (κ2) is 8.52. The number of aromatic nitrogens is 4. The summed E-state index contributed by atoms with van der Waals surface area (Å²) in [6.07, 6.45) is 6.91. The Kier molecular flexibility index (Phi) is 5.66. The van der Waals surface area contributed by atoms with Gasteiger partial charge in [0.05, 0.1) is 43.3 Å². The highest BCUT2D eigenvalue weighted by Gasteiger charge is 2.14. The maximum Gasteiger partial charge on any atom is 0.256 e. The van der Waals surface area contributed by atoms with Crippen molar-refractivity contribution in [3.63, 3.8) is 0 Å². The Morgan fingerprint density at radius 2 is 1.93 bits per heavy atom. The van der Waals surface area contributed by atoms with Gasteiger partial charge in [0.2, 0.25) is 0 Å². The Morgan fingerprint density at radius 3 is 2.62 bits per heavy atom. The van der Waals surface area contributed by atoms with Crippen molar-refractivity contribution >= 4 is 29.0 Å². The Morgan fingerprint density at radius 1 is 1.17 bits per heavy atom.